The van der Waals surface area contributed by atoms with Crippen molar-refractivity contribution >= 4 is 23.1 Å². The number of ketones is 1. The number of benzene rings is 1. The molecule has 1 rings (SSSR count). The predicted molar refractivity (Wildman–Crippen MR) is 57.5 cm³/mol. The molecule has 0 heterocycles. The maximum Gasteiger partial charge on any atom is 0.422 e. The highest BCUT2D eigenvalue weighted by Crippen LogP contribution is 2.36. The van der Waals surface area contributed by atoms with Crippen LogP contribution in [0.5, 0.6) is 0 Å². The van der Waals surface area contributed by atoms with Crippen LogP contribution < -0.4 is 0 Å². The van der Waals surface area contributed by atoms with E-state index in [2.05, 4.69) is 0 Å². The summed E-state index contributed by atoms with van der Waals surface area (Å²) < 4.78 is 37.4. The van der Waals surface area contributed by atoms with Gasteiger partial charge in [-0.25, -0.2) is 0 Å². The van der Waals surface area contributed by atoms with Crippen LogP contribution in [-0.2, 0) is 17.4 Å². The molecular formula is C10H7ClF3NO3. The number of rotatable bonds is 4. The smallest absolute Gasteiger partial charge is 0.298 e. The fraction of sp³-hybridized carbons (Fsp3) is 0.300. The number of hydrogen-bond acceptors (Lipinski definition) is 3. The molecule has 0 fully saturated rings. The Kier molecular flexibility index (Phi) is 4.28. The van der Waals surface area contributed by atoms with Gasteiger partial charge in [-0.3, -0.25) is 14.9 Å². The van der Waals surface area contributed by atoms with E-state index in [4.69, 9.17) is 11.6 Å². The summed E-state index contributed by atoms with van der Waals surface area (Å²) in [6, 6.07) is 2.36. The summed E-state index contributed by atoms with van der Waals surface area (Å²) in [7, 11) is 0. The molecule has 1 aromatic rings. The van der Waals surface area contributed by atoms with Crippen LogP contribution >= 0.6 is 11.6 Å². The Morgan fingerprint density at radius 2 is 2.00 bits per heavy atom. The number of Topliss-reactive ketones (excluding diaryl/α,β-unsaturated/α-hetero) is 1. The SMILES string of the molecule is O=C(CCl)Cc1ccc(C(F)(F)F)c([N+](=O)[O-])c1. The number of halogens is 4. The second kappa shape index (κ2) is 5.34. The third-order valence-corrected chi connectivity index (χ3v) is 2.41. The number of carbonyl (C=O) groups is 1. The fourth-order valence-electron chi connectivity index (χ4n) is 1.35. The second-order valence-electron chi connectivity index (χ2n) is 3.46. The van der Waals surface area contributed by atoms with Gasteiger partial charge in [0.2, 0.25) is 0 Å². The molecule has 0 atom stereocenters. The highest BCUT2D eigenvalue weighted by molar-refractivity contribution is 6.27. The van der Waals surface area contributed by atoms with Crippen molar-refractivity contribution in [1.82, 2.24) is 0 Å². The highest BCUT2D eigenvalue weighted by atomic mass is 35.5. The predicted octanol–water partition coefficient (Wildman–Crippen LogP) is 2.96. The van der Waals surface area contributed by atoms with Crippen LogP contribution in [0.3, 0.4) is 0 Å². The Labute approximate surface area is 105 Å². The molecule has 18 heavy (non-hydrogen) atoms. The first-order chi connectivity index (χ1) is 8.25. The molecule has 8 heteroatoms. The third-order valence-electron chi connectivity index (χ3n) is 2.11. The van der Waals surface area contributed by atoms with Crippen molar-refractivity contribution < 1.29 is 22.9 Å². The molecule has 0 amide bonds. The molecule has 98 valence electrons. The summed E-state index contributed by atoms with van der Waals surface area (Å²) in [5, 5.41) is 10.6. The summed E-state index contributed by atoms with van der Waals surface area (Å²) >= 11 is 5.24. The fourth-order valence-corrected chi connectivity index (χ4v) is 1.45. The van der Waals surface area contributed by atoms with Gasteiger partial charge in [0, 0.05) is 12.5 Å². The number of alkyl halides is 4. The molecule has 0 aliphatic rings. The van der Waals surface area contributed by atoms with Gasteiger partial charge in [0.05, 0.1) is 10.8 Å². The van der Waals surface area contributed by atoms with Crippen LogP contribution in [0.2, 0.25) is 0 Å². The van der Waals surface area contributed by atoms with Gasteiger partial charge in [-0.15, -0.1) is 11.6 Å². The second-order valence-corrected chi connectivity index (χ2v) is 3.72. The molecule has 0 unspecified atom stereocenters. The Hall–Kier alpha value is -1.63. The van der Waals surface area contributed by atoms with Crippen molar-refractivity contribution in [2.45, 2.75) is 12.6 Å². The molecular weight excluding hydrogens is 275 g/mol. The van der Waals surface area contributed by atoms with Crippen molar-refractivity contribution in [3.8, 4) is 0 Å². The van der Waals surface area contributed by atoms with E-state index in [1.54, 1.807) is 0 Å². The quantitative estimate of drug-likeness (QED) is 0.484. The zero-order chi connectivity index (χ0) is 13.9. The van der Waals surface area contributed by atoms with E-state index >= 15 is 0 Å². The first kappa shape index (κ1) is 14.4. The lowest BCUT2D eigenvalue weighted by molar-refractivity contribution is -0.388. The topological polar surface area (TPSA) is 60.2 Å². The van der Waals surface area contributed by atoms with E-state index in [1.165, 1.54) is 0 Å². The number of hydrogen-bond donors (Lipinski definition) is 0. The first-order valence-corrected chi connectivity index (χ1v) is 5.21. The van der Waals surface area contributed by atoms with Crippen LogP contribution in [0.1, 0.15) is 11.1 Å². The molecule has 0 saturated heterocycles. The molecule has 4 nitrogen and oxygen atoms in total. The standard InChI is InChI=1S/C10H7ClF3NO3/c11-5-7(16)3-6-1-2-8(10(12,13)14)9(4-6)15(17)18/h1-2,4H,3,5H2. The van der Waals surface area contributed by atoms with Crippen LogP contribution in [0, 0.1) is 10.1 Å². The van der Waals surface area contributed by atoms with Crippen LogP contribution in [-0.4, -0.2) is 16.6 Å². The maximum absolute atomic E-state index is 12.5. The number of nitrogens with zero attached hydrogens (tertiary/aromatic N) is 1. The van der Waals surface area contributed by atoms with E-state index in [9.17, 15) is 28.1 Å². The van der Waals surface area contributed by atoms with Gasteiger partial charge in [-0.1, -0.05) is 6.07 Å². The van der Waals surface area contributed by atoms with Gasteiger partial charge in [-0.2, -0.15) is 13.2 Å². The Balaban J connectivity index is 3.20. The summed E-state index contributed by atoms with van der Waals surface area (Å²) in [6.45, 7) is 0. The Morgan fingerprint density at radius 1 is 1.39 bits per heavy atom. The largest absolute Gasteiger partial charge is 0.422 e. The summed E-state index contributed by atoms with van der Waals surface area (Å²) in [5.74, 6) is -0.722. The van der Waals surface area contributed by atoms with Crippen molar-refractivity contribution in [3.63, 3.8) is 0 Å². The van der Waals surface area contributed by atoms with Crippen molar-refractivity contribution in [1.29, 1.82) is 0 Å². The molecule has 0 aliphatic carbocycles. The number of nitro groups is 1. The molecule has 0 N–H and O–H groups in total. The average molecular weight is 282 g/mol. The number of nitro benzene ring substituents is 1. The molecule has 0 bridgehead atoms. The third kappa shape index (κ3) is 3.43. The Bertz CT molecular complexity index is 488. The van der Waals surface area contributed by atoms with Gasteiger partial charge in [0.1, 0.15) is 5.56 Å². The van der Waals surface area contributed by atoms with E-state index in [1.807, 2.05) is 0 Å². The summed E-state index contributed by atoms with van der Waals surface area (Å²) in [6.07, 6.45) is -5.04. The van der Waals surface area contributed by atoms with Gasteiger partial charge in [0.15, 0.2) is 5.78 Å². The van der Waals surface area contributed by atoms with Crippen molar-refractivity contribution in [3.05, 3.63) is 39.4 Å². The summed E-state index contributed by atoms with van der Waals surface area (Å²) in [5.41, 5.74) is -2.28. The van der Waals surface area contributed by atoms with Crippen molar-refractivity contribution in [2.24, 2.45) is 0 Å². The minimum absolute atomic E-state index is 0.125. The van der Waals surface area contributed by atoms with E-state index < -0.39 is 28.1 Å². The molecule has 0 saturated carbocycles. The average Bonchev–Trinajstić information content (AvgIpc) is 2.27. The minimum atomic E-state index is -4.81. The normalized spacial score (nSPS) is 11.3. The van der Waals surface area contributed by atoms with E-state index in [-0.39, 0.29) is 17.9 Å². The van der Waals surface area contributed by atoms with E-state index in [0.717, 1.165) is 12.1 Å². The lowest BCUT2D eigenvalue weighted by Gasteiger charge is -2.08. The van der Waals surface area contributed by atoms with Crippen LogP contribution in [0.4, 0.5) is 18.9 Å². The van der Waals surface area contributed by atoms with Gasteiger partial charge < -0.3 is 0 Å². The summed E-state index contributed by atoms with van der Waals surface area (Å²) in [4.78, 5) is 20.5. The molecule has 1 aromatic carbocycles. The Morgan fingerprint density at radius 3 is 2.44 bits per heavy atom. The highest BCUT2D eigenvalue weighted by Gasteiger charge is 2.38. The van der Waals surface area contributed by atoms with Crippen LogP contribution in [0.15, 0.2) is 18.2 Å². The molecule has 0 radical (unpaired) electrons. The monoisotopic (exact) mass is 281 g/mol. The first-order valence-electron chi connectivity index (χ1n) is 4.68. The van der Waals surface area contributed by atoms with Gasteiger partial charge in [-0.05, 0) is 11.6 Å². The lowest BCUT2D eigenvalue weighted by atomic mass is 10.0. The minimum Gasteiger partial charge on any atom is -0.298 e. The lowest BCUT2D eigenvalue weighted by Crippen LogP contribution is -2.10. The van der Waals surface area contributed by atoms with Gasteiger partial charge >= 0.3 is 6.18 Å². The molecule has 0 aliphatic heterocycles. The zero-order valence-corrected chi connectivity index (χ0v) is 9.59. The zero-order valence-electron chi connectivity index (χ0n) is 8.83. The van der Waals surface area contributed by atoms with Gasteiger partial charge in [0.25, 0.3) is 5.69 Å². The molecule has 0 spiro atoms. The number of carbonyl (C=O) groups excluding carboxylic acids is 1. The van der Waals surface area contributed by atoms with Crippen LogP contribution in [0.25, 0.3) is 0 Å². The maximum atomic E-state index is 12.5. The van der Waals surface area contributed by atoms with E-state index in [0.29, 0.717) is 6.07 Å². The molecule has 0 aromatic heterocycles. The van der Waals surface area contributed by atoms with Crippen molar-refractivity contribution in [2.75, 3.05) is 5.88 Å².